The number of aromatic nitrogens is 1. The Hall–Kier alpha value is -1.13. The van der Waals surface area contributed by atoms with Gasteiger partial charge in [-0.1, -0.05) is 19.9 Å². The lowest BCUT2D eigenvalue weighted by Gasteiger charge is -2.22. The summed E-state index contributed by atoms with van der Waals surface area (Å²) >= 11 is 0. The molecule has 1 aliphatic rings. The van der Waals surface area contributed by atoms with Crippen LogP contribution in [0.4, 0.5) is 0 Å². The predicted molar refractivity (Wildman–Crippen MR) is 80.0 cm³/mol. The first-order valence-electron chi connectivity index (χ1n) is 7.55. The van der Waals surface area contributed by atoms with Crippen LogP contribution < -0.4 is 10.1 Å². The van der Waals surface area contributed by atoms with Crippen LogP contribution in [-0.2, 0) is 11.3 Å². The minimum absolute atomic E-state index is 0.485. The summed E-state index contributed by atoms with van der Waals surface area (Å²) in [5.41, 5.74) is 2.28. The van der Waals surface area contributed by atoms with Crippen molar-refractivity contribution in [2.75, 3.05) is 19.8 Å². The highest BCUT2D eigenvalue weighted by molar-refractivity contribution is 5.24. The Morgan fingerprint density at radius 3 is 2.75 bits per heavy atom. The summed E-state index contributed by atoms with van der Waals surface area (Å²) in [5.74, 6) is 1.34. The van der Waals surface area contributed by atoms with Crippen molar-refractivity contribution >= 4 is 0 Å². The van der Waals surface area contributed by atoms with Crippen molar-refractivity contribution < 1.29 is 9.47 Å². The van der Waals surface area contributed by atoms with Crippen LogP contribution in [0.3, 0.4) is 0 Å². The van der Waals surface area contributed by atoms with Crippen LogP contribution in [0.25, 0.3) is 0 Å². The molecule has 1 aliphatic heterocycles. The summed E-state index contributed by atoms with van der Waals surface area (Å²) < 4.78 is 11.2. The summed E-state index contributed by atoms with van der Waals surface area (Å²) in [5, 5.41) is 3.41. The molecule has 0 saturated carbocycles. The van der Waals surface area contributed by atoms with Gasteiger partial charge < -0.3 is 14.8 Å². The number of ether oxygens (including phenoxy) is 2. The third-order valence-electron chi connectivity index (χ3n) is 3.68. The second-order valence-electron chi connectivity index (χ2n) is 5.80. The minimum Gasteiger partial charge on any atom is -0.477 e. The maximum Gasteiger partial charge on any atom is 0.213 e. The Balaban J connectivity index is 1.84. The zero-order chi connectivity index (χ0) is 14.4. The van der Waals surface area contributed by atoms with Gasteiger partial charge in [-0.15, -0.1) is 0 Å². The van der Waals surface area contributed by atoms with Gasteiger partial charge in [0.15, 0.2) is 0 Å². The van der Waals surface area contributed by atoms with Crippen molar-refractivity contribution in [1.29, 1.82) is 0 Å². The fraction of sp³-hybridized carbons (Fsp3) is 0.688. The first-order chi connectivity index (χ1) is 9.65. The number of hydrogen-bond acceptors (Lipinski definition) is 4. The van der Waals surface area contributed by atoms with E-state index in [1.165, 1.54) is 5.56 Å². The molecule has 112 valence electrons. The van der Waals surface area contributed by atoms with Crippen molar-refractivity contribution in [3.63, 3.8) is 0 Å². The maximum atomic E-state index is 5.82. The lowest BCUT2D eigenvalue weighted by atomic mass is 10.0. The standard InChI is InChI=1S/C16H26N2O2/c1-12(2)17-10-15-4-5-16(18-13(15)3)20-11-14-6-8-19-9-7-14/h4-5,12,14,17H,6-11H2,1-3H3. The average molecular weight is 278 g/mol. The molecule has 0 aliphatic carbocycles. The van der Waals surface area contributed by atoms with E-state index in [1.807, 2.05) is 13.0 Å². The lowest BCUT2D eigenvalue weighted by molar-refractivity contribution is 0.0490. The molecular weight excluding hydrogens is 252 g/mol. The van der Waals surface area contributed by atoms with Crippen molar-refractivity contribution in [2.24, 2.45) is 5.92 Å². The van der Waals surface area contributed by atoms with Crippen LogP contribution in [0.15, 0.2) is 12.1 Å². The summed E-state index contributed by atoms with van der Waals surface area (Å²) in [6.45, 7) is 9.66. The normalized spacial score (nSPS) is 16.6. The number of aryl methyl sites for hydroxylation is 1. The molecular formula is C16H26N2O2. The van der Waals surface area contributed by atoms with E-state index in [1.54, 1.807) is 0 Å². The van der Waals surface area contributed by atoms with Gasteiger partial charge in [0, 0.05) is 37.6 Å². The third-order valence-corrected chi connectivity index (χ3v) is 3.68. The van der Waals surface area contributed by atoms with Gasteiger partial charge in [-0.2, -0.15) is 0 Å². The second kappa shape index (κ2) is 7.60. The van der Waals surface area contributed by atoms with E-state index in [0.29, 0.717) is 12.0 Å². The molecule has 4 heteroatoms. The van der Waals surface area contributed by atoms with Gasteiger partial charge in [0.2, 0.25) is 5.88 Å². The van der Waals surface area contributed by atoms with Gasteiger partial charge in [-0.3, -0.25) is 0 Å². The topological polar surface area (TPSA) is 43.4 Å². The van der Waals surface area contributed by atoms with E-state index in [0.717, 1.165) is 50.8 Å². The number of nitrogens with one attached hydrogen (secondary N) is 1. The van der Waals surface area contributed by atoms with Gasteiger partial charge in [-0.25, -0.2) is 4.98 Å². The molecule has 0 bridgehead atoms. The van der Waals surface area contributed by atoms with Gasteiger partial charge in [0.25, 0.3) is 0 Å². The van der Waals surface area contributed by atoms with E-state index in [4.69, 9.17) is 9.47 Å². The molecule has 0 aromatic carbocycles. The van der Waals surface area contributed by atoms with Crippen LogP contribution >= 0.6 is 0 Å². The smallest absolute Gasteiger partial charge is 0.213 e. The Morgan fingerprint density at radius 2 is 2.10 bits per heavy atom. The van der Waals surface area contributed by atoms with Crippen molar-refractivity contribution in [2.45, 2.75) is 46.2 Å². The highest BCUT2D eigenvalue weighted by Crippen LogP contribution is 2.18. The summed E-state index contributed by atoms with van der Waals surface area (Å²) in [4.78, 5) is 4.54. The van der Waals surface area contributed by atoms with Crippen LogP contribution in [0.2, 0.25) is 0 Å². The van der Waals surface area contributed by atoms with E-state index >= 15 is 0 Å². The van der Waals surface area contributed by atoms with E-state index < -0.39 is 0 Å². The molecule has 2 rings (SSSR count). The molecule has 1 saturated heterocycles. The third kappa shape index (κ3) is 4.76. The molecule has 0 radical (unpaired) electrons. The van der Waals surface area contributed by atoms with E-state index in [-0.39, 0.29) is 0 Å². The molecule has 1 N–H and O–H groups in total. The SMILES string of the molecule is Cc1nc(OCC2CCOCC2)ccc1CNC(C)C. The highest BCUT2D eigenvalue weighted by Gasteiger charge is 2.14. The second-order valence-corrected chi connectivity index (χ2v) is 5.80. The number of pyridine rings is 1. The quantitative estimate of drug-likeness (QED) is 0.869. The monoisotopic (exact) mass is 278 g/mol. The van der Waals surface area contributed by atoms with Crippen LogP contribution in [0.1, 0.15) is 37.9 Å². The van der Waals surface area contributed by atoms with Gasteiger partial charge in [-0.05, 0) is 31.2 Å². The highest BCUT2D eigenvalue weighted by atomic mass is 16.5. The van der Waals surface area contributed by atoms with Gasteiger partial charge in [0.05, 0.1) is 6.61 Å². The van der Waals surface area contributed by atoms with Gasteiger partial charge >= 0.3 is 0 Å². The molecule has 0 unspecified atom stereocenters. The molecule has 0 atom stereocenters. The Labute approximate surface area is 121 Å². The fourth-order valence-corrected chi connectivity index (χ4v) is 2.26. The van der Waals surface area contributed by atoms with Crippen molar-refractivity contribution in [3.8, 4) is 5.88 Å². The number of rotatable bonds is 6. The lowest BCUT2D eigenvalue weighted by Crippen LogP contribution is -2.23. The molecule has 2 heterocycles. The van der Waals surface area contributed by atoms with Crippen LogP contribution in [0.5, 0.6) is 5.88 Å². The number of hydrogen-bond donors (Lipinski definition) is 1. The average Bonchev–Trinajstić information content (AvgIpc) is 2.45. The molecule has 1 aromatic heterocycles. The first-order valence-corrected chi connectivity index (χ1v) is 7.55. The zero-order valence-electron chi connectivity index (χ0n) is 12.8. The Bertz CT molecular complexity index is 415. The maximum absolute atomic E-state index is 5.82. The van der Waals surface area contributed by atoms with E-state index in [2.05, 4.69) is 30.2 Å². The Kier molecular flexibility index (Phi) is 5.80. The summed E-state index contributed by atoms with van der Waals surface area (Å²) in [7, 11) is 0. The van der Waals surface area contributed by atoms with Crippen molar-refractivity contribution in [1.82, 2.24) is 10.3 Å². The van der Waals surface area contributed by atoms with E-state index in [9.17, 15) is 0 Å². The number of nitrogens with zero attached hydrogens (tertiary/aromatic N) is 1. The first kappa shape index (κ1) is 15.3. The molecule has 1 fully saturated rings. The fourth-order valence-electron chi connectivity index (χ4n) is 2.26. The van der Waals surface area contributed by atoms with Crippen LogP contribution in [0, 0.1) is 12.8 Å². The molecule has 1 aromatic rings. The predicted octanol–water partition coefficient (Wildman–Crippen LogP) is 2.69. The van der Waals surface area contributed by atoms with Crippen LogP contribution in [-0.4, -0.2) is 30.8 Å². The molecule has 20 heavy (non-hydrogen) atoms. The Morgan fingerprint density at radius 1 is 1.35 bits per heavy atom. The molecule has 0 spiro atoms. The summed E-state index contributed by atoms with van der Waals surface area (Å²) in [6, 6.07) is 4.57. The molecule has 0 amide bonds. The minimum atomic E-state index is 0.485. The zero-order valence-corrected chi connectivity index (χ0v) is 12.8. The van der Waals surface area contributed by atoms with Gasteiger partial charge in [0.1, 0.15) is 0 Å². The molecule has 4 nitrogen and oxygen atoms in total. The van der Waals surface area contributed by atoms with Crippen molar-refractivity contribution in [3.05, 3.63) is 23.4 Å². The largest absolute Gasteiger partial charge is 0.477 e. The summed E-state index contributed by atoms with van der Waals surface area (Å²) in [6.07, 6.45) is 2.19.